The highest BCUT2D eigenvalue weighted by molar-refractivity contribution is 5.03. The van der Waals surface area contributed by atoms with Crippen LogP contribution in [0.3, 0.4) is 0 Å². The van der Waals surface area contributed by atoms with Crippen LogP contribution < -0.4 is 5.73 Å². The van der Waals surface area contributed by atoms with E-state index in [0.29, 0.717) is 12.5 Å². The van der Waals surface area contributed by atoms with Gasteiger partial charge in [-0.25, -0.2) is 4.98 Å². The van der Waals surface area contributed by atoms with E-state index in [4.69, 9.17) is 5.73 Å². The topological polar surface area (TPSA) is 43.8 Å². The zero-order valence-electron chi connectivity index (χ0n) is 8.04. The first-order valence-electron chi connectivity index (χ1n) is 4.34. The second-order valence-electron chi connectivity index (χ2n) is 3.56. The second-order valence-corrected chi connectivity index (χ2v) is 3.56. The van der Waals surface area contributed by atoms with Gasteiger partial charge in [-0.05, 0) is 5.92 Å². The minimum atomic E-state index is 0.534. The maximum absolute atomic E-state index is 5.49. The lowest BCUT2D eigenvalue weighted by molar-refractivity contribution is 0.602. The molecule has 0 bridgehead atoms. The zero-order valence-corrected chi connectivity index (χ0v) is 8.04. The van der Waals surface area contributed by atoms with Gasteiger partial charge >= 0.3 is 0 Å². The third-order valence-corrected chi connectivity index (χ3v) is 1.82. The molecule has 0 saturated heterocycles. The van der Waals surface area contributed by atoms with Crippen LogP contribution in [0.5, 0.6) is 0 Å². The molecule has 0 aliphatic carbocycles. The van der Waals surface area contributed by atoms with Gasteiger partial charge in [-0.15, -0.1) is 0 Å². The van der Waals surface area contributed by atoms with Gasteiger partial charge < -0.3 is 10.3 Å². The third-order valence-electron chi connectivity index (χ3n) is 1.82. The molecule has 0 aliphatic heterocycles. The summed E-state index contributed by atoms with van der Waals surface area (Å²) in [5.41, 5.74) is 6.47. The smallest absolute Gasteiger partial charge is 0.109 e. The van der Waals surface area contributed by atoms with Gasteiger partial charge in [0.15, 0.2) is 0 Å². The molecule has 3 heteroatoms. The van der Waals surface area contributed by atoms with E-state index in [-0.39, 0.29) is 0 Å². The molecule has 1 rings (SSSR count). The molecule has 1 aromatic rings. The van der Waals surface area contributed by atoms with Gasteiger partial charge in [0, 0.05) is 26.2 Å². The SMILES string of the molecule is CC(C)Cc1nc(CN)cn1C. The molecule has 1 heterocycles. The summed E-state index contributed by atoms with van der Waals surface area (Å²) in [6.07, 6.45) is 3.02. The van der Waals surface area contributed by atoms with Gasteiger partial charge in [0.25, 0.3) is 0 Å². The van der Waals surface area contributed by atoms with E-state index < -0.39 is 0 Å². The molecular weight excluding hydrogens is 150 g/mol. The van der Waals surface area contributed by atoms with Gasteiger partial charge in [-0.2, -0.15) is 0 Å². The van der Waals surface area contributed by atoms with E-state index in [2.05, 4.69) is 23.4 Å². The molecule has 68 valence electrons. The molecule has 0 unspecified atom stereocenters. The second kappa shape index (κ2) is 3.72. The Morgan fingerprint density at radius 1 is 1.58 bits per heavy atom. The van der Waals surface area contributed by atoms with Gasteiger partial charge in [0.2, 0.25) is 0 Å². The molecule has 0 atom stereocenters. The molecule has 0 amide bonds. The van der Waals surface area contributed by atoms with Crippen molar-refractivity contribution in [1.82, 2.24) is 9.55 Å². The van der Waals surface area contributed by atoms with Crippen molar-refractivity contribution in [2.75, 3.05) is 0 Å². The number of nitrogens with zero attached hydrogens (tertiary/aromatic N) is 2. The van der Waals surface area contributed by atoms with E-state index in [9.17, 15) is 0 Å². The normalized spacial score (nSPS) is 11.1. The first-order chi connectivity index (χ1) is 5.63. The van der Waals surface area contributed by atoms with Crippen LogP contribution in [-0.4, -0.2) is 9.55 Å². The van der Waals surface area contributed by atoms with Crippen molar-refractivity contribution in [2.45, 2.75) is 26.8 Å². The lowest BCUT2D eigenvalue weighted by atomic mass is 10.1. The average Bonchev–Trinajstić information content (AvgIpc) is 2.31. The van der Waals surface area contributed by atoms with Crippen molar-refractivity contribution >= 4 is 0 Å². The van der Waals surface area contributed by atoms with Crippen LogP contribution in [0.1, 0.15) is 25.4 Å². The Morgan fingerprint density at radius 2 is 2.25 bits per heavy atom. The lowest BCUT2D eigenvalue weighted by Gasteiger charge is -2.03. The Morgan fingerprint density at radius 3 is 2.67 bits per heavy atom. The van der Waals surface area contributed by atoms with Crippen LogP contribution in [0.2, 0.25) is 0 Å². The molecule has 0 saturated carbocycles. The largest absolute Gasteiger partial charge is 0.338 e. The number of hydrogen-bond acceptors (Lipinski definition) is 2. The molecular formula is C9H17N3. The quantitative estimate of drug-likeness (QED) is 0.732. The molecule has 1 aromatic heterocycles. The van der Waals surface area contributed by atoms with Crippen LogP contribution in [0.25, 0.3) is 0 Å². The minimum Gasteiger partial charge on any atom is -0.338 e. The summed E-state index contributed by atoms with van der Waals surface area (Å²) < 4.78 is 2.06. The van der Waals surface area contributed by atoms with Gasteiger partial charge in [-0.3, -0.25) is 0 Å². The summed E-state index contributed by atoms with van der Waals surface area (Å²) in [6, 6.07) is 0. The summed E-state index contributed by atoms with van der Waals surface area (Å²) in [5, 5.41) is 0. The number of hydrogen-bond donors (Lipinski definition) is 1. The molecule has 0 spiro atoms. The van der Waals surface area contributed by atoms with Crippen molar-refractivity contribution in [3.05, 3.63) is 17.7 Å². The van der Waals surface area contributed by atoms with E-state index in [1.807, 2.05) is 13.2 Å². The van der Waals surface area contributed by atoms with E-state index in [1.54, 1.807) is 0 Å². The average molecular weight is 167 g/mol. The Balaban J connectivity index is 2.77. The maximum Gasteiger partial charge on any atom is 0.109 e. The fourth-order valence-corrected chi connectivity index (χ4v) is 1.22. The predicted molar refractivity (Wildman–Crippen MR) is 49.6 cm³/mol. The summed E-state index contributed by atoms with van der Waals surface area (Å²) in [5.74, 6) is 1.78. The highest BCUT2D eigenvalue weighted by atomic mass is 15.0. The highest BCUT2D eigenvalue weighted by Gasteiger charge is 2.05. The van der Waals surface area contributed by atoms with E-state index in [1.165, 1.54) is 0 Å². The molecule has 3 nitrogen and oxygen atoms in total. The van der Waals surface area contributed by atoms with Crippen molar-refractivity contribution in [3.8, 4) is 0 Å². The van der Waals surface area contributed by atoms with Crippen molar-refractivity contribution in [3.63, 3.8) is 0 Å². The van der Waals surface area contributed by atoms with Gasteiger partial charge in [-0.1, -0.05) is 13.8 Å². The predicted octanol–water partition coefficient (Wildman–Crippen LogP) is 1.08. The molecule has 0 radical (unpaired) electrons. The first-order valence-corrected chi connectivity index (χ1v) is 4.34. The van der Waals surface area contributed by atoms with Gasteiger partial charge in [0.1, 0.15) is 5.82 Å². The number of aryl methyl sites for hydroxylation is 1. The van der Waals surface area contributed by atoms with Crippen molar-refractivity contribution in [1.29, 1.82) is 0 Å². The maximum atomic E-state index is 5.49. The Hall–Kier alpha value is -0.830. The molecule has 2 N–H and O–H groups in total. The fraction of sp³-hybridized carbons (Fsp3) is 0.667. The summed E-state index contributed by atoms with van der Waals surface area (Å²) in [4.78, 5) is 4.41. The molecule has 0 aromatic carbocycles. The minimum absolute atomic E-state index is 0.534. The standard InChI is InChI=1S/C9H17N3/c1-7(2)4-9-11-8(5-10)6-12(9)3/h6-7H,4-5,10H2,1-3H3. The van der Waals surface area contributed by atoms with Crippen LogP contribution in [0.4, 0.5) is 0 Å². The number of nitrogens with two attached hydrogens (primary N) is 1. The number of imidazole rings is 1. The Kier molecular flexibility index (Phi) is 2.87. The van der Waals surface area contributed by atoms with Crippen LogP contribution in [-0.2, 0) is 20.0 Å². The van der Waals surface area contributed by atoms with Crippen LogP contribution in [0, 0.1) is 5.92 Å². The summed E-state index contributed by atoms with van der Waals surface area (Å²) >= 11 is 0. The molecule has 12 heavy (non-hydrogen) atoms. The first kappa shape index (κ1) is 9.26. The summed E-state index contributed by atoms with van der Waals surface area (Å²) in [7, 11) is 2.02. The highest BCUT2D eigenvalue weighted by Crippen LogP contribution is 2.06. The number of rotatable bonds is 3. The van der Waals surface area contributed by atoms with Crippen molar-refractivity contribution < 1.29 is 0 Å². The van der Waals surface area contributed by atoms with Gasteiger partial charge in [0.05, 0.1) is 5.69 Å². The van der Waals surface area contributed by atoms with E-state index >= 15 is 0 Å². The third kappa shape index (κ3) is 2.08. The summed E-state index contributed by atoms with van der Waals surface area (Å²) in [6.45, 7) is 4.92. The molecule has 0 fully saturated rings. The lowest BCUT2D eigenvalue weighted by Crippen LogP contribution is -2.02. The van der Waals surface area contributed by atoms with Crippen molar-refractivity contribution in [2.24, 2.45) is 18.7 Å². The van der Waals surface area contributed by atoms with E-state index in [0.717, 1.165) is 17.9 Å². The Labute approximate surface area is 73.6 Å². The monoisotopic (exact) mass is 167 g/mol. The zero-order chi connectivity index (χ0) is 9.14. The Bertz CT molecular complexity index is 250. The number of aromatic nitrogens is 2. The van der Waals surface area contributed by atoms with Crippen LogP contribution >= 0.6 is 0 Å². The molecule has 0 aliphatic rings. The fourth-order valence-electron chi connectivity index (χ4n) is 1.22. The van der Waals surface area contributed by atoms with Crippen LogP contribution in [0.15, 0.2) is 6.20 Å².